The number of piperidine rings is 1. The number of hydrogen-bond donors (Lipinski definition) is 2. The van der Waals surface area contributed by atoms with Crippen molar-refractivity contribution in [1.82, 2.24) is 14.5 Å². The minimum atomic E-state index is -2.55. The number of nitrogens with zero attached hydrogens (tertiary/aromatic N) is 2. The lowest BCUT2D eigenvalue weighted by Crippen LogP contribution is -2.54. The molecular formula is C23H31N3O2S. The number of likely N-dealkylation sites (N-methyl/N-ethyl adjacent to an activating group) is 1. The van der Waals surface area contributed by atoms with Crippen LogP contribution < -0.4 is 4.72 Å². The smallest absolute Gasteiger partial charge is 0.201 e. The number of thiol groups is 1. The fraction of sp³-hybridized carbons (Fsp3) is 0.478. The number of likely N-dealkylation sites (tertiary alicyclic amines) is 1. The monoisotopic (exact) mass is 413 g/mol. The SMILES string of the molecule is CN1CCc2ccccc2C12CCN(CCc1cccc(CN[SH](=O)=O)c1)CC2. The molecule has 0 bridgehead atoms. The molecule has 2 heterocycles. The van der Waals surface area contributed by atoms with Crippen LogP contribution in [0.2, 0.25) is 0 Å². The Balaban J connectivity index is 1.36. The number of benzene rings is 2. The van der Waals surface area contributed by atoms with Crippen LogP contribution in [0, 0.1) is 0 Å². The Labute approximate surface area is 175 Å². The van der Waals surface area contributed by atoms with Gasteiger partial charge < -0.3 is 4.90 Å². The third-order valence-electron chi connectivity index (χ3n) is 6.77. The largest absolute Gasteiger partial charge is 0.303 e. The van der Waals surface area contributed by atoms with E-state index in [4.69, 9.17) is 0 Å². The zero-order chi connectivity index (χ0) is 20.3. The van der Waals surface area contributed by atoms with Crippen LogP contribution in [0.5, 0.6) is 0 Å². The second-order valence-corrected chi connectivity index (χ2v) is 9.19. The predicted octanol–water partition coefficient (Wildman–Crippen LogP) is 2.32. The molecule has 0 aromatic heterocycles. The van der Waals surface area contributed by atoms with Crippen LogP contribution in [-0.4, -0.2) is 51.4 Å². The summed E-state index contributed by atoms with van der Waals surface area (Å²) >= 11 is 0. The van der Waals surface area contributed by atoms with Crippen molar-refractivity contribution < 1.29 is 8.42 Å². The van der Waals surface area contributed by atoms with Crippen LogP contribution in [0.25, 0.3) is 0 Å². The molecule has 0 amide bonds. The predicted molar refractivity (Wildman–Crippen MR) is 117 cm³/mol. The lowest BCUT2D eigenvalue weighted by molar-refractivity contribution is 0.0284. The Morgan fingerprint density at radius 3 is 2.55 bits per heavy atom. The fourth-order valence-electron chi connectivity index (χ4n) is 5.04. The quantitative estimate of drug-likeness (QED) is 0.714. The maximum atomic E-state index is 10.7. The summed E-state index contributed by atoms with van der Waals surface area (Å²) in [6.45, 7) is 4.80. The van der Waals surface area contributed by atoms with Gasteiger partial charge in [0.15, 0.2) is 0 Å². The first-order valence-corrected chi connectivity index (χ1v) is 11.7. The van der Waals surface area contributed by atoms with E-state index in [-0.39, 0.29) is 5.54 Å². The van der Waals surface area contributed by atoms with Crippen LogP contribution in [-0.2, 0) is 35.8 Å². The summed E-state index contributed by atoms with van der Waals surface area (Å²) < 4.78 is 23.9. The van der Waals surface area contributed by atoms with Gasteiger partial charge in [-0.2, -0.15) is 0 Å². The molecule has 0 unspecified atom stereocenters. The molecule has 2 aliphatic rings. The normalized spacial score (nSPS) is 19.5. The lowest BCUT2D eigenvalue weighted by atomic mass is 9.74. The summed E-state index contributed by atoms with van der Waals surface area (Å²) in [6.07, 6.45) is 4.52. The van der Waals surface area contributed by atoms with Crippen molar-refractivity contribution in [2.24, 2.45) is 0 Å². The molecule has 0 aliphatic carbocycles. The molecule has 2 aromatic rings. The van der Waals surface area contributed by atoms with Gasteiger partial charge >= 0.3 is 0 Å². The summed E-state index contributed by atoms with van der Waals surface area (Å²) in [5.41, 5.74) is 5.56. The lowest BCUT2D eigenvalue weighted by Gasteiger charge is -2.51. The Morgan fingerprint density at radius 1 is 1.00 bits per heavy atom. The molecule has 0 radical (unpaired) electrons. The Kier molecular flexibility index (Phi) is 6.35. The Bertz CT molecular complexity index is 912. The van der Waals surface area contributed by atoms with Gasteiger partial charge in [0.25, 0.3) is 0 Å². The molecule has 1 N–H and O–H groups in total. The second kappa shape index (κ2) is 8.96. The van der Waals surface area contributed by atoms with Crippen molar-refractivity contribution in [2.45, 2.75) is 37.8 Å². The van der Waals surface area contributed by atoms with Crippen LogP contribution in [0.4, 0.5) is 0 Å². The molecule has 1 fully saturated rings. The van der Waals surface area contributed by atoms with Gasteiger partial charge in [0.05, 0.1) is 0 Å². The molecule has 1 spiro atoms. The summed E-state index contributed by atoms with van der Waals surface area (Å²) in [6, 6.07) is 17.2. The van der Waals surface area contributed by atoms with E-state index in [1.165, 1.54) is 24.0 Å². The van der Waals surface area contributed by atoms with E-state index in [2.05, 4.69) is 58.0 Å². The highest BCUT2D eigenvalue weighted by Gasteiger charge is 2.42. The van der Waals surface area contributed by atoms with Crippen molar-refractivity contribution in [2.75, 3.05) is 33.2 Å². The zero-order valence-corrected chi connectivity index (χ0v) is 18.0. The molecule has 0 atom stereocenters. The summed E-state index contributed by atoms with van der Waals surface area (Å²) in [5.74, 6) is 0. The maximum Gasteiger partial charge on any atom is 0.201 e. The highest BCUT2D eigenvalue weighted by atomic mass is 32.2. The molecule has 29 heavy (non-hydrogen) atoms. The number of rotatable bonds is 6. The summed E-state index contributed by atoms with van der Waals surface area (Å²) in [5, 5.41) is 0. The number of hydrogen-bond acceptors (Lipinski definition) is 4. The van der Waals surface area contributed by atoms with Crippen LogP contribution in [0.1, 0.15) is 35.1 Å². The number of nitrogens with one attached hydrogen (secondary N) is 1. The molecule has 4 rings (SSSR count). The van der Waals surface area contributed by atoms with E-state index in [0.717, 1.165) is 44.6 Å². The van der Waals surface area contributed by atoms with Crippen molar-refractivity contribution in [1.29, 1.82) is 0 Å². The molecule has 5 nitrogen and oxygen atoms in total. The van der Waals surface area contributed by atoms with Crippen LogP contribution in [0.15, 0.2) is 48.5 Å². The highest BCUT2D eigenvalue weighted by molar-refractivity contribution is 7.70. The van der Waals surface area contributed by atoms with E-state index in [1.54, 1.807) is 5.56 Å². The van der Waals surface area contributed by atoms with Crippen LogP contribution in [0.3, 0.4) is 0 Å². The van der Waals surface area contributed by atoms with Crippen molar-refractivity contribution in [3.05, 3.63) is 70.8 Å². The first-order valence-electron chi connectivity index (χ1n) is 10.5. The third-order valence-corrected chi connectivity index (χ3v) is 7.19. The van der Waals surface area contributed by atoms with E-state index >= 15 is 0 Å². The standard InChI is InChI=1S/C23H31N3O2S/c1-25-13-10-21-7-2-3-8-22(21)23(25)11-15-26(16-12-23)14-9-19-5-4-6-20(17-19)18-24-29(27)28/h2-8,17,29H,9-16,18H2,1H3,(H,24,27,28). The number of fused-ring (bicyclic) bond motifs is 2. The Hall–Kier alpha value is -1.73. The molecule has 156 valence electrons. The van der Waals surface area contributed by atoms with Crippen molar-refractivity contribution >= 4 is 10.9 Å². The minimum Gasteiger partial charge on any atom is -0.303 e. The van der Waals surface area contributed by atoms with E-state index in [0.29, 0.717) is 6.54 Å². The second-order valence-electron chi connectivity index (χ2n) is 8.36. The minimum absolute atomic E-state index is 0.200. The van der Waals surface area contributed by atoms with Gasteiger partial charge in [-0.1, -0.05) is 48.5 Å². The molecule has 6 heteroatoms. The van der Waals surface area contributed by atoms with E-state index < -0.39 is 10.9 Å². The van der Waals surface area contributed by atoms with Gasteiger partial charge in [-0.05, 0) is 55.0 Å². The fourth-order valence-corrected chi connectivity index (χ4v) is 5.35. The molecule has 1 saturated heterocycles. The van der Waals surface area contributed by atoms with Crippen molar-refractivity contribution in [3.8, 4) is 0 Å². The molecule has 2 aliphatic heterocycles. The summed E-state index contributed by atoms with van der Waals surface area (Å²) in [7, 11) is -0.253. The van der Waals surface area contributed by atoms with Gasteiger partial charge in [-0.3, -0.25) is 4.90 Å². The zero-order valence-electron chi connectivity index (χ0n) is 17.1. The van der Waals surface area contributed by atoms with Crippen molar-refractivity contribution in [3.63, 3.8) is 0 Å². The van der Waals surface area contributed by atoms with E-state index in [1.807, 2.05) is 12.1 Å². The van der Waals surface area contributed by atoms with E-state index in [9.17, 15) is 8.42 Å². The maximum absolute atomic E-state index is 10.7. The first kappa shape index (κ1) is 20.5. The van der Waals surface area contributed by atoms with Crippen LogP contribution >= 0.6 is 0 Å². The average Bonchev–Trinajstić information content (AvgIpc) is 2.75. The highest BCUT2D eigenvalue weighted by Crippen LogP contribution is 2.42. The molecular weight excluding hydrogens is 382 g/mol. The van der Waals surface area contributed by atoms with Gasteiger partial charge in [0.2, 0.25) is 10.9 Å². The average molecular weight is 414 g/mol. The van der Waals surface area contributed by atoms with Gasteiger partial charge in [-0.15, -0.1) is 0 Å². The first-order chi connectivity index (χ1) is 14.1. The van der Waals surface area contributed by atoms with Gasteiger partial charge in [-0.25, -0.2) is 13.1 Å². The Morgan fingerprint density at radius 2 is 1.76 bits per heavy atom. The van der Waals surface area contributed by atoms with Gasteiger partial charge in [0, 0.05) is 38.3 Å². The molecule has 0 saturated carbocycles. The topological polar surface area (TPSA) is 52.6 Å². The third kappa shape index (κ3) is 4.56. The summed E-state index contributed by atoms with van der Waals surface area (Å²) in [4.78, 5) is 5.17. The molecule has 2 aromatic carbocycles. The van der Waals surface area contributed by atoms with Gasteiger partial charge in [0.1, 0.15) is 0 Å².